The summed E-state index contributed by atoms with van der Waals surface area (Å²) in [5.41, 5.74) is -0.735. The minimum atomic E-state index is -0.735. The van der Waals surface area contributed by atoms with Crippen molar-refractivity contribution < 1.29 is 9.59 Å². The largest absolute Gasteiger partial charge is 0.325 e. The van der Waals surface area contributed by atoms with Gasteiger partial charge in [-0.1, -0.05) is 6.42 Å². The van der Waals surface area contributed by atoms with E-state index in [1.54, 1.807) is 13.8 Å². The van der Waals surface area contributed by atoms with Crippen molar-refractivity contribution in [1.29, 1.82) is 0 Å². The number of amides is 3. The number of thiol groups is 1. The molecule has 1 heterocycles. The van der Waals surface area contributed by atoms with Crippen LogP contribution in [-0.2, 0) is 4.79 Å². The van der Waals surface area contributed by atoms with Gasteiger partial charge in [-0.05, 0) is 32.4 Å². The fourth-order valence-electron chi connectivity index (χ4n) is 1.58. The maximum atomic E-state index is 11.7. The Balaban J connectivity index is 2.42. The minimum Gasteiger partial charge on any atom is -0.324 e. The fourth-order valence-corrected chi connectivity index (χ4v) is 1.80. The SMILES string of the molecule is CC1(C)NC(=O)N(CCCCCS)C1=O. The van der Waals surface area contributed by atoms with Gasteiger partial charge >= 0.3 is 6.03 Å². The van der Waals surface area contributed by atoms with Crippen LogP contribution in [0.2, 0.25) is 0 Å². The quantitative estimate of drug-likeness (QED) is 0.426. The summed E-state index contributed by atoms with van der Waals surface area (Å²) in [7, 11) is 0. The van der Waals surface area contributed by atoms with E-state index in [4.69, 9.17) is 0 Å². The highest BCUT2D eigenvalue weighted by molar-refractivity contribution is 7.80. The van der Waals surface area contributed by atoms with Crippen molar-refractivity contribution in [2.24, 2.45) is 0 Å². The molecular weight excluding hydrogens is 212 g/mol. The Bertz CT molecular complexity index is 266. The minimum absolute atomic E-state index is 0.127. The lowest BCUT2D eigenvalue weighted by atomic mass is 10.1. The Hall–Kier alpha value is -0.710. The van der Waals surface area contributed by atoms with Gasteiger partial charge in [0.2, 0.25) is 0 Å². The van der Waals surface area contributed by atoms with Crippen molar-refractivity contribution in [3.8, 4) is 0 Å². The number of carbonyl (C=O) groups is 2. The molecule has 1 fully saturated rings. The van der Waals surface area contributed by atoms with E-state index in [2.05, 4.69) is 17.9 Å². The molecule has 1 aliphatic heterocycles. The third-order valence-electron chi connectivity index (χ3n) is 2.48. The van der Waals surface area contributed by atoms with E-state index >= 15 is 0 Å². The van der Waals surface area contributed by atoms with Gasteiger partial charge in [0.15, 0.2) is 0 Å². The molecule has 86 valence electrons. The van der Waals surface area contributed by atoms with Crippen LogP contribution in [0, 0.1) is 0 Å². The molecule has 0 spiro atoms. The number of hydrogen-bond donors (Lipinski definition) is 2. The van der Waals surface area contributed by atoms with Gasteiger partial charge in [-0.15, -0.1) is 0 Å². The van der Waals surface area contributed by atoms with Crippen LogP contribution in [0.1, 0.15) is 33.1 Å². The van der Waals surface area contributed by atoms with Crippen LogP contribution in [0.5, 0.6) is 0 Å². The number of imide groups is 1. The van der Waals surface area contributed by atoms with Gasteiger partial charge < -0.3 is 5.32 Å². The lowest BCUT2D eigenvalue weighted by Crippen LogP contribution is -2.40. The number of nitrogens with zero attached hydrogens (tertiary/aromatic N) is 1. The van der Waals surface area contributed by atoms with E-state index in [-0.39, 0.29) is 11.9 Å². The zero-order valence-corrected chi connectivity index (χ0v) is 10.1. The maximum absolute atomic E-state index is 11.7. The van der Waals surface area contributed by atoms with Crippen molar-refractivity contribution in [2.75, 3.05) is 12.3 Å². The number of rotatable bonds is 5. The van der Waals surface area contributed by atoms with Gasteiger partial charge in [-0.2, -0.15) is 12.6 Å². The molecule has 5 heteroatoms. The van der Waals surface area contributed by atoms with Crippen molar-refractivity contribution >= 4 is 24.6 Å². The van der Waals surface area contributed by atoms with Crippen molar-refractivity contribution in [2.45, 2.75) is 38.6 Å². The van der Waals surface area contributed by atoms with E-state index in [9.17, 15) is 9.59 Å². The van der Waals surface area contributed by atoms with Crippen LogP contribution in [-0.4, -0.2) is 34.7 Å². The first kappa shape index (κ1) is 12.4. The highest BCUT2D eigenvalue weighted by atomic mass is 32.1. The number of carbonyl (C=O) groups excluding carboxylic acids is 2. The van der Waals surface area contributed by atoms with Crippen LogP contribution in [0.3, 0.4) is 0 Å². The number of unbranched alkanes of at least 4 members (excludes halogenated alkanes) is 2. The zero-order valence-electron chi connectivity index (χ0n) is 9.25. The third-order valence-corrected chi connectivity index (χ3v) is 2.80. The molecule has 3 amide bonds. The summed E-state index contributed by atoms with van der Waals surface area (Å²) in [5, 5.41) is 2.66. The third kappa shape index (κ3) is 2.87. The highest BCUT2D eigenvalue weighted by Gasteiger charge is 2.43. The zero-order chi connectivity index (χ0) is 11.5. The Morgan fingerprint density at radius 3 is 2.40 bits per heavy atom. The number of hydrogen-bond acceptors (Lipinski definition) is 3. The molecule has 0 unspecified atom stereocenters. The molecule has 1 N–H and O–H groups in total. The molecule has 0 aromatic rings. The summed E-state index contributed by atoms with van der Waals surface area (Å²) in [6.45, 7) is 3.96. The van der Waals surface area contributed by atoms with Crippen LogP contribution >= 0.6 is 12.6 Å². The molecule has 4 nitrogen and oxygen atoms in total. The van der Waals surface area contributed by atoms with Crippen LogP contribution < -0.4 is 5.32 Å². The van der Waals surface area contributed by atoms with Gasteiger partial charge in [0.1, 0.15) is 5.54 Å². The Morgan fingerprint density at radius 2 is 1.93 bits per heavy atom. The molecule has 0 radical (unpaired) electrons. The summed E-state index contributed by atoms with van der Waals surface area (Å²) in [6.07, 6.45) is 2.88. The first-order valence-electron chi connectivity index (χ1n) is 5.24. The first-order valence-corrected chi connectivity index (χ1v) is 5.87. The summed E-state index contributed by atoms with van der Waals surface area (Å²) in [5.74, 6) is 0.726. The van der Waals surface area contributed by atoms with Gasteiger partial charge in [0.25, 0.3) is 5.91 Å². The standard InChI is InChI=1S/C10H18N2O2S/c1-10(2)8(13)12(9(14)11-10)6-4-3-5-7-15/h15H,3-7H2,1-2H3,(H,11,14). The van der Waals surface area contributed by atoms with E-state index < -0.39 is 5.54 Å². The maximum Gasteiger partial charge on any atom is 0.325 e. The van der Waals surface area contributed by atoms with Gasteiger partial charge in [0, 0.05) is 6.54 Å². The second-order valence-electron chi connectivity index (χ2n) is 4.30. The lowest BCUT2D eigenvalue weighted by Gasteiger charge is -2.15. The predicted octanol–water partition coefficient (Wildman–Crippen LogP) is 1.42. The van der Waals surface area contributed by atoms with Crippen LogP contribution in [0.4, 0.5) is 4.79 Å². The molecule has 0 aromatic heterocycles. The molecule has 1 saturated heterocycles. The molecule has 1 rings (SSSR count). The second-order valence-corrected chi connectivity index (χ2v) is 4.74. The summed E-state index contributed by atoms with van der Waals surface area (Å²) < 4.78 is 0. The summed E-state index contributed by atoms with van der Waals surface area (Å²) in [4.78, 5) is 24.5. The van der Waals surface area contributed by atoms with E-state index in [0.29, 0.717) is 6.54 Å². The van der Waals surface area contributed by atoms with Crippen LogP contribution in [0.15, 0.2) is 0 Å². The van der Waals surface area contributed by atoms with Gasteiger partial charge in [0.05, 0.1) is 0 Å². The Labute approximate surface area is 95.8 Å². The molecule has 0 saturated carbocycles. The van der Waals surface area contributed by atoms with Crippen LogP contribution in [0.25, 0.3) is 0 Å². The topological polar surface area (TPSA) is 49.4 Å². The molecule has 0 aliphatic carbocycles. The summed E-state index contributed by atoms with van der Waals surface area (Å²) in [6, 6.07) is -0.268. The van der Waals surface area contributed by atoms with Crippen molar-refractivity contribution in [3.63, 3.8) is 0 Å². The van der Waals surface area contributed by atoms with E-state index in [1.165, 1.54) is 4.90 Å². The molecule has 0 atom stereocenters. The van der Waals surface area contributed by atoms with E-state index in [1.807, 2.05) is 0 Å². The lowest BCUT2D eigenvalue weighted by molar-refractivity contribution is -0.130. The monoisotopic (exact) mass is 230 g/mol. The van der Waals surface area contributed by atoms with Crippen molar-refractivity contribution in [3.05, 3.63) is 0 Å². The molecular formula is C10H18N2O2S. The van der Waals surface area contributed by atoms with E-state index in [0.717, 1.165) is 25.0 Å². The highest BCUT2D eigenvalue weighted by Crippen LogP contribution is 2.17. The Kier molecular flexibility index (Phi) is 4.02. The molecule has 0 aromatic carbocycles. The molecule has 0 bridgehead atoms. The molecule has 15 heavy (non-hydrogen) atoms. The smallest absolute Gasteiger partial charge is 0.324 e. The second kappa shape index (κ2) is 4.88. The fraction of sp³-hybridized carbons (Fsp3) is 0.800. The Morgan fingerprint density at radius 1 is 1.27 bits per heavy atom. The average Bonchev–Trinajstić information content (AvgIpc) is 2.33. The number of urea groups is 1. The molecule has 1 aliphatic rings. The number of nitrogens with one attached hydrogen (secondary N) is 1. The average molecular weight is 230 g/mol. The summed E-state index contributed by atoms with van der Waals surface area (Å²) >= 11 is 4.11. The van der Waals surface area contributed by atoms with Gasteiger partial charge in [-0.3, -0.25) is 9.69 Å². The van der Waals surface area contributed by atoms with Gasteiger partial charge in [-0.25, -0.2) is 4.79 Å². The first-order chi connectivity index (χ1) is 6.99. The van der Waals surface area contributed by atoms with Crippen molar-refractivity contribution in [1.82, 2.24) is 10.2 Å². The normalized spacial score (nSPS) is 19.5. The predicted molar refractivity (Wildman–Crippen MR) is 62.0 cm³/mol.